The van der Waals surface area contributed by atoms with Crippen molar-refractivity contribution in [1.82, 2.24) is 10.6 Å². The van der Waals surface area contributed by atoms with Crippen LogP contribution < -0.4 is 10.6 Å². The fourth-order valence-corrected chi connectivity index (χ4v) is 1.99. The Bertz CT molecular complexity index is 272. The number of hydrogen-bond acceptors (Lipinski definition) is 4. The minimum absolute atomic E-state index is 0.0575. The van der Waals surface area contributed by atoms with E-state index in [2.05, 4.69) is 15.4 Å². The van der Waals surface area contributed by atoms with Gasteiger partial charge in [-0.1, -0.05) is 6.92 Å². The summed E-state index contributed by atoms with van der Waals surface area (Å²) in [4.78, 5) is 23.3. The SMILES string of the molecule is CCC1(C(=O)N[C@@H](C)C(=O)OC)CCNC1. The number of rotatable bonds is 4. The lowest BCUT2D eigenvalue weighted by molar-refractivity contribution is -0.146. The van der Waals surface area contributed by atoms with Crippen LogP contribution in [-0.2, 0) is 14.3 Å². The third-order valence-electron chi connectivity index (χ3n) is 3.30. The van der Waals surface area contributed by atoms with E-state index in [0.717, 1.165) is 19.4 Å². The summed E-state index contributed by atoms with van der Waals surface area (Å²) in [5.41, 5.74) is -0.359. The van der Waals surface area contributed by atoms with Crippen molar-refractivity contribution >= 4 is 11.9 Å². The standard InChI is InChI=1S/C11H20N2O3/c1-4-11(5-6-12-7-11)10(15)13-8(2)9(14)16-3/h8,12H,4-7H2,1-3H3,(H,13,15)/t8-,11?/m0/s1. The lowest BCUT2D eigenvalue weighted by atomic mass is 9.83. The summed E-state index contributed by atoms with van der Waals surface area (Å²) >= 11 is 0. The molecule has 1 rings (SSSR count). The Morgan fingerprint density at radius 2 is 2.25 bits per heavy atom. The molecule has 0 aromatic carbocycles. The summed E-state index contributed by atoms with van der Waals surface area (Å²) in [6.07, 6.45) is 1.60. The Balaban J connectivity index is 2.60. The molecule has 0 aromatic rings. The number of carbonyl (C=O) groups is 2. The fraction of sp³-hybridized carbons (Fsp3) is 0.818. The van der Waals surface area contributed by atoms with E-state index < -0.39 is 12.0 Å². The number of esters is 1. The van der Waals surface area contributed by atoms with Crippen LogP contribution in [0.25, 0.3) is 0 Å². The summed E-state index contributed by atoms with van der Waals surface area (Å²) < 4.78 is 4.57. The topological polar surface area (TPSA) is 67.4 Å². The zero-order valence-electron chi connectivity index (χ0n) is 10.1. The highest BCUT2D eigenvalue weighted by molar-refractivity contribution is 5.88. The van der Waals surface area contributed by atoms with E-state index in [1.54, 1.807) is 6.92 Å². The zero-order valence-corrected chi connectivity index (χ0v) is 10.1. The van der Waals surface area contributed by atoms with Gasteiger partial charge in [-0.05, 0) is 26.3 Å². The predicted octanol–water partition coefficient (Wildman–Crippen LogP) is 0.0538. The molecule has 1 amide bonds. The molecule has 1 aliphatic heterocycles. The average Bonchev–Trinajstić information content (AvgIpc) is 2.77. The van der Waals surface area contributed by atoms with Crippen LogP contribution in [0.2, 0.25) is 0 Å². The molecular formula is C11H20N2O3. The second-order valence-electron chi connectivity index (χ2n) is 4.28. The highest BCUT2D eigenvalue weighted by Crippen LogP contribution is 2.29. The van der Waals surface area contributed by atoms with E-state index in [9.17, 15) is 9.59 Å². The highest BCUT2D eigenvalue weighted by atomic mass is 16.5. The molecule has 0 radical (unpaired) electrons. The molecule has 2 N–H and O–H groups in total. The third-order valence-corrected chi connectivity index (χ3v) is 3.30. The van der Waals surface area contributed by atoms with Crippen LogP contribution in [0.15, 0.2) is 0 Å². The maximum Gasteiger partial charge on any atom is 0.328 e. The summed E-state index contributed by atoms with van der Waals surface area (Å²) in [6.45, 7) is 5.17. The first kappa shape index (κ1) is 13.0. The maximum absolute atomic E-state index is 12.1. The summed E-state index contributed by atoms with van der Waals surface area (Å²) in [7, 11) is 1.32. The molecular weight excluding hydrogens is 208 g/mol. The van der Waals surface area contributed by atoms with Crippen molar-refractivity contribution in [3.63, 3.8) is 0 Å². The van der Waals surface area contributed by atoms with Crippen molar-refractivity contribution in [2.24, 2.45) is 5.41 Å². The van der Waals surface area contributed by atoms with E-state index in [1.807, 2.05) is 6.92 Å². The van der Waals surface area contributed by atoms with Crippen molar-refractivity contribution in [2.75, 3.05) is 20.2 Å². The minimum Gasteiger partial charge on any atom is -0.467 e. The van der Waals surface area contributed by atoms with Crippen molar-refractivity contribution < 1.29 is 14.3 Å². The highest BCUT2D eigenvalue weighted by Gasteiger charge is 2.40. The normalized spacial score (nSPS) is 26.2. The van der Waals surface area contributed by atoms with Crippen LogP contribution in [0.5, 0.6) is 0 Å². The van der Waals surface area contributed by atoms with Crippen molar-refractivity contribution in [3.8, 4) is 0 Å². The third kappa shape index (κ3) is 2.52. The molecule has 1 saturated heterocycles. The van der Waals surface area contributed by atoms with Gasteiger partial charge in [0, 0.05) is 6.54 Å². The Hall–Kier alpha value is -1.10. The van der Waals surface area contributed by atoms with E-state index in [4.69, 9.17) is 0 Å². The van der Waals surface area contributed by atoms with Gasteiger partial charge in [-0.25, -0.2) is 4.79 Å². The fourth-order valence-electron chi connectivity index (χ4n) is 1.99. The summed E-state index contributed by atoms with van der Waals surface area (Å²) in [5, 5.41) is 5.90. The van der Waals surface area contributed by atoms with Crippen LogP contribution in [0.3, 0.4) is 0 Å². The molecule has 2 atom stereocenters. The van der Waals surface area contributed by atoms with Gasteiger partial charge in [0.2, 0.25) is 5.91 Å². The largest absolute Gasteiger partial charge is 0.467 e. The van der Waals surface area contributed by atoms with Gasteiger partial charge in [-0.3, -0.25) is 4.79 Å². The van der Waals surface area contributed by atoms with Crippen LogP contribution >= 0.6 is 0 Å². The van der Waals surface area contributed by atoms with E-state index >= 15 is 0 Å². The van der Waals surface area contributed by atoms with Gasteiger partial charge >= 0.3 is 5.97 Å². The predicted molar refractivity (Wildman–Crippen MR) is 59.8 cm³/mol. The molecule has 1 aliphatic rings. The van der Waals surface area contributed by atoms with Crippen LogP contribution in [0.1, 0.15) is 26.7 Å². The molecule has 0 saturated carbocycles. The molecule has 0 spiro atoms. The molecule has 1 heterocycles. The van der Waals surface area contributed by atoms with E-state index in [-0.39, 0.29) is 11.3 Å². The first-order valence-electron chi connectivity index (χ1n) is 5.65. The van der Waals surface area contributed by atoms with Gasteiger partial charge in [0.25, 0.3) is 0 Å². The smallest absolute Gasteiger partial charge is 0.328 e. The number of amides is 1. The average molecular weight is 228 g/mol. The first-order chi connectivity index (χ1) is 7.55. The quantitative estimate of drug-likeness (QED) is 0.667. The Kier molecular flexibility index (Phi) is 4.29. The number of methoxy groups -OCH3 is 1. The molecule has 0 bridgehead atoms. The molecule has 0 aromatic heterocycles. The van der Waals surface area contributed by atoms with Gasteiger partial charge in [0.1, 0.15) is 6.04 Å². The number of carbonyl (C=O) groups excluding carboxylic acids is 2. The van der Waals surface area contributed by atoms with Crippen molar-refractivity contribution in [1.29, 1.82) is 0 Å². The van der Waals surface area contributed by atoms with Gasteiger partial charge < -0.3 is 15.4 Å². The molecule has 5 heteroatoms. The Morgan fingerprint density at radius 3 is 2.69 bits per heavy atom. The van der Waals surface area contributed by atoms with Crippen LogP contribution in [0, 0.1) is 5.41 Å². The Morgan fingerprint density at radius 1 is 1.56 bits per heavy atom. The van der Waals surface area contributed by atoms with Gasteiger partial charge in [0.05, 0.1) is 12.5 Å². The van der Waals surface area contributed by atoms with Crippen LogP contribution in [0.4, 0.5) is 0 Å². The van der Waals surface area contributed by atoms with Gasteiger partial charge in [-0.15, -0.1) is 0 Å². The number of ether oxygens (including phenoxy) is 1. The molecule has 1 fully saturated rings. The molecule has 1 unspecified atom stereocenters. The zero-order chi connectivity index (χ0) is 12.2. The first-order valence-corrected chi connectivity index (χ1v) is 5.65. The van der Waals surface area contributed by atoms with E-state index in [1.165, 1.54) is 7.11 Å². The van der Waals surface area contributed by atoms with Crippen molar-refractivity contribution in [2.45, 2.75) is 32.7 Å². The molecule has 0 aliphatic carbocycles. The van der Waals surface area contributed by atoms with Gasteiger partial charge in [0.15, 0.2) is 0 Å². The lowest BCUT2D eigenvalue weighted by Gasteiger charge is -2.26. The number of nitrogens with one attached hydrogen (secondary N) is 2. The summed E-state index contributed by atoms with van der Waals surface area (Å²) in [6, 6.07) is -0.582. The lowest BCUT2D eigenvalue weighted by Crippen LogP contribution is -2.48. The van der Waals surface area contributed by atoms with Crippen LogP contribution in [-0.4, -0.2) is 38.1 Å². The Labute approximate surface area is 95.9 Å². The summed E-state index contributed by atoms with van der Waals surface area (Å²) in [5.74, 6) is -0.469. The molecule has 5 nitrogen and oxygen atoms in total. The number of hydrogen-bond donors (Lipinski definition) is 2. The van der Waals surface area contributed by atoms with Gasteiger partial charge in [-0.2, -0.15) is 0 Å². The molecule has 92 valence electrons. The second-order valence-corrected chi connectivity index (χ2v) is 4.28. The monoisotopic (exact) mass is 228 g/mol. The van der Waals surface area contributed by atoms with E-state index in [0.29, 0.717) is 6.54 Å². The maximum atomic E-state index is 12.1. The van der Waals surface area contributed by atoms with Crippen molar-refractivity contribution in [3.05, 3.63) is 0 Å². The second kappa shape index (κ2) is 5.30. The minimum atomic E-state index is -0.582. The molecule has 16 heavy (non-hydrogen) atoms.